The predicted octanol–water partition coefficient (Wildman–Crippen LogP) is 3.79. The monoisotopic (exact) mass is 263 g/mol. The lowest BCUT2D eigenvalue weighted by atomic mass is 9.90. The largest absolute Gasteiger partial charge is 0.481 e. The van der Waals surface area contributed by atoms with Gasteiger partial charge in [-0.3, -0.25) is 4.79 Å². The zero-order valence-electron chi connectivity index (χ0n) is 9.82. The lowest BCUT2D eigenvalue weighted by molar-refractivity contribution is -0.137. The number of fused-ring (bicyclic) bond motifs is 1. The van der Waals surface area contributed by atoms with E-state index >= 15 is 0 Å². The Morgan fingerprint density at radius 3 is 2.94 bits per heavy atom. The maximum absolute atomic E-state index is 11.0. The number of H-pyrrole nitrogens is 1. The summed E-state index contributed by atoms with van der Waals surface area (Å²) < 4.78 is 0. The third-order valence-electron chi connectivity index (χ3n) is 3.66. The molecule has 1 heterocycles. The van der Waals surface area contributed by atoms with E-state index < -0.39 is 5.97 Å². The van der Waals surface area contributed by atoms with E-state index in [-0.39, 0.29) is 12.3 Å². The maximum Gasteiger partial charge on any atom is 0.303 e. The number of carboxylic acids is 1. The van der Waals surface area contributed by atoms with E-state index in [1.165, 1.54) is 0 Å². The Morgan fingerprint density at radius 2 is 2.28 bits per heavy atom. The molecule has 0 radical (unpaired) electrons. The molecule has 3 nitrogen and oxygen atoms in total. The number of aromatic nitrogens is 1. The van der Waals surface area contributed by atoms with Crippen LogP contribution in [0.15, 0.2) is 24.4 Å². The summed E-state index contributed by atoms with van der Waals surface area (Å²) in [6, 6.07) is 5.89. The molecule has 3 rings (SSSR count). The van der Waals surface area contributed by atoms with Crippen LogP contribution in [0.5, 0.6) is 0 Å². The SMILES string of the molecule is O=C(O)CC(c1cc2[nH]ccc2cc1Cl)C1CC1. The Hall–Kier alpha value is -1.48. The second-order valence-corrected chi connectivity index (χ2v) is 5.39. The van der Waals surface area contributed by atoms with Crippen LogP contribution in [0.3, 0.4) is 0 Å². The maximum atomic E-state index is 11.0. The number of rotatable bonds is 4. The van der Waals surface area contributed by atoms with Gasteiger partial charge in [-0.05, 0) is 48.4 Å². The fourth-order valence-corrected chi connectivity index (χ4v) is 2.90. The van der Waals surface area contributed by atoms with Gasteiger partial charge in [0, 0.05) is 22.1 Å². The molecule has 2 N–H and O–H groups in total. The molecule has 1 aromatic carbocycles. The van der Waals surface area contributed by atoms with Gasteiger partial charge in [-0.1, -0.05) is 11.6 Å². The van der Waals surface area contributed by atoms with Gasteiger partial charge in [0.25, 0.3) is 0 Å². The van der Waals surface area contributed by atoms with E-state index in [2.05, 4.69) is 4.98 Å². The number of halogens is 1. The molecule has 94 valence electrons. The highest BCUT2D eigenvalue weighted by atomic mass is 35.5. The van der Waals surface area contributed by atoms with E-state index in [1.54, 1.807) is 0 Å². The van der Waals surface area contributed by atoms with Crippen molar-refractivity contribution in [1.29, 1.82) is 0 Å². The molecule has 1 aromatic heterocycles. The first kappa shape index (κ1) is 11.6. The summed E-state index contributed by atoms with van der Waals surface area (Å²) in [6.07, 6.45) is 4.25. The van der Waals surface area contributed by atoms with Gasteiger partial charge in [0.05, 0.1) is 6.42 Å². The molecule has 1 atom stereocenters. The molecule has 0 aliphatic heterocycles. The zero-order chi connectivity index (χ0) is 12.7. The molecule has 0 spiro atoms. The minimum atomic E-state index is -0.755. The van der Waals surface area contributed by atoms with Crippen molar-refractivity contribution in [2.75, 3.05) is 0 Å². The predicted molar refractivity (Wildman–Crippen MR) is 71.0 cm³/mol. The molecule has 1 unspecified atom stereocenters. The van der Waals surface area contributed by atoms with Crippen molar-refractivity contribution in [3.8, 4) is 0 Å². The summed E-state index contributed by atoms with van der Waals surface area (Å²) >= 11 is 6.30. The molecular formula is C14H14ClNO2. The van der Waals surface area contributed by atoms with Crippen LogP contribution < -0.4 is 0 Å². The van der Waals surface area contributed by atoms with Crippen LogP contribution in [0.4, 0.5) is 0 Å². The highest BCUT2D eigenvalue weighted by Gasteiger charge is 2.34. The lowest BCUT2D eigenvalue weighted by Gasteiger charge is -2.16. The molecule has 1 saturated carbocycles. The van der Waals surface area contributed by atoms with Gasteiger partial charge < -0.3 is 10.1 Å². The van der Waals surface area contributed by atoms with Crippen molar-refractivity contribution in [3.05, 3.63) is 35.0 Å². The number of hydrogen-bond donors (Lipinski definition) is 2. The number of aromatic amines is 1. The summed E-state index contributed by atoms with van der Waals surface area (Å²) in [5.74, 6) is -0.233. The number of hydrogen-bond acceptors (Lipinski definition) is 1. The second-order valence-electron chi connectivity index (χ2n) is 4.98. The minimum absolute atomic E-state index is 0.0442. The molecule has 0 amide bonds. The fraction of sp³-hybridized carbons (Fsp3) is 0.357. The standard InChI is InChI=1S/C14H14ClNO2/c15-12-5-9-3-4-16-13(9)6-11(12)10(7-14(17)18)8-1-2-8/h3-6,8,10,16H,1-2,7H2,(H,17,18). The van der Waals surface area contributed by atoms with Gasteiger partial charge in [-0.25, -0.2) is 0 Å². The number of carbonyl (C=O) groups is 1. The molecular weight excluding hydrogens is 250 g/mol. The summed E-state index contributed by atoms with van der Waals surface area (Å²) in [6.45, 7) is 0. The van der Waals surface area contributed by atoms with Crippen LogP contribution in [0.1, 0.15) is 30.7 Å². The van der Waals surface area contributed by atoms with Gasteiger partial charge in [0.2, 0.25) is 0 Å². The van der Waals surface area contributed by atoms with Gasteiger partial charge in [-0.15, -0.1) is 0 Å². The third kappa shape index (κ3) is 2.10. The number of aliphatic carboxylic acids is 1. The molecule has 1 aliphatic rings. The highest BCUT2D eigenvalue weighted by molar-refractivity contribution is 6.32. The van der Waals surface area contributed by atoms with Crippen LogP contribution >= 0.6 is 11.6 Å². The second kappa shape index (κ2) is 4.32. The lowest BCUT2D eigenvalue weighted by Crippen LogP contribution is -2.09. The van der Waals surface area contributed by atoms with Crippen LogP contribution in [0.25, 0.3) is 10.9 Å². The Bertz CT molecular complexity index is 601. The minimum Gasteiger partial charge on any atom is -0.481 e. The number of nitrogens with one attached hydrogen (secondary N) is 1. The summed E-state index contributed by atoms with van der Waals surface area (Å²) in [7, 11) is 0. The van der Waals surface area contributed by atoms with Crippen molar-refractivity contribution in [3.63, 3.8) is 0 Å². The Kier molecular flexibility index (Phi) is 2.78. The van der Waals surface area contributed by atoms with E-state index in [9.17, 15) is 4.79 Å². The first-order chi connectivity index (χ1) is 8.65. The van der Waals surface area contributed by atoms with E-state index in [0.717, 1.165) is 29.3 Å². The van der Waals surface area contributed by atoms with E-state index in [1.807, 2.05) is 24.4 Å². The molecule has 4 heteroatoms. The van der Waals surface area contributed by atoms with Crippen molar-refractivity contribution >= 4 is 28.5 Å². The number of benzene rings is 1. The van der Waals surface area contributed by atoms with Crippen LogP contribution in [-0.2, 0) is 4.79 Å². The van der Waals surface area contributed by atoms with Crippen molar-refractivity contribution < 1.29 is 9.90 Å². The average molecular weight is 264 g/mol. The quantitative estimate of drug-likeness (QED) is 0.882. The Morgan fingerprint density at radius 1 is 1.50 bits per heavy atom. The zero-order valence-corrected chi connectivity index (χ0v) is 10.6. The van der Waals surface area contributed by atoms with Crippen LogP contribution in [0, 0.1) is 5.92 Å². The first-order valence-corrected chi connectivity index (χ1v) is 6.51. The van der Waals surface area contributed by atoms with Gasteiger partial charge in [-0.2, -0.15) is 0 Å². The highest BCUT2D eigenvalue weighted by Crippen LogP contribution is 2.46. The van der Waals surface area contributed by atoms with Crippen LogP contribution in [-0.4, -0.2) is 16.1 Å². The van der Waals surface area contributed by atoms with Crippen LogP contribution in [0.2, 0.25) is 5.02 Å². The van der Waals surface area contributed by atoms with Gasteiger partial charge in [0.1, 0.15) is 0 Å². The summed E-state index contributed by atoms with van der Waals surface area (Å²) in [4.78, 5) is 14.1. The molecule has 2 aromatic rings. The van der Waals surface area contributed by atoms with Crippen molar-refractivity contribution in [2.24, 2.45) is 5.92 Å². The molecule has 18 heavy (non-hydrogen) atoms. The van der Waals surface area contributed by atoms with E-state index in [4.69, 9.17) is 16.7 Å². The molecule has 1 aliphatic carbocycles. The topological polar surface area (TPSA) is 53.1 Å². The first-order valence-electron chi connectivity index (χ1n) is 6.13. The Labute approximate surface area is 110 Å². The van der Waals surface area contributed by atoms with Gasteiger partial charge >= 0.3 is 5.97 Å². The molecule has 1 fully saturated rings. The third-order valence-corrected chi connectivity index (χ3v) is 3.98. The van der Waals surface area contributed by atoms with E-state index in [0.29, 0.717) is 10.9 Å². The summed E-state index contributed by atoms with van der Waals surface area (Å²) in [5.41, 5.74) is 1.99. The number of carboxylic acid groups (broad SMARTS) is 1. The molecule has 0 bridgehead atoms. The fourth-order valence-electron chi connectivity index (χ4n) is 2.59. The molecule has 0 saturated heterocycles. The summed E-state index contributed by atoms with van der Waals surface area (Å²) in [5, 5.41) is 10.8. The van der Waals surface area contributed by atoms with Crippen molar-refractivity contribution in [2.45, 2.75) is 25.2 Å². The normalized spacial score (nSPS) is 16.9. The van der Waals surface area contributed by atoms with Gasteiger partial charge in [0.15, 0.2) is 0 Å². The smallest absolute Gasteiger partial charge is 0.303 e. The van der Waals surface area contributed by atoms with Crippen molar-refractivity contribution in [1.82, 2.24) is 4.98 Å². The average Bonchev–Trinajstić information content (AvgIpc) is 3.05. The Balaban J connectivity index is 2.04.